The molecule has 2 rings (SSSR count). The summed E-state index contributed by atoms with van der Waals surface area (Å²) in [4.78, 5) is 5.69. The molecule has 1 atom stereocenters. The Kier molecular flexibility index (Phi) is 3.61. The second-order valence-corrected chi connectivity index (χ2v) is 5.38. The van der Waals surface area contributed by atoms with Crippen LogP contribution in [0.3, 0.4) is 0 Å². The highest BCUT2D eigenvalue weighted by molar-refractivity contribution is 7.15. The lowest BCUT2D eigenvalue weighted by Gasteiger charge is -2.19. The summed E-state index contributed by atoms with van der Waals surface area (Å²) in [6.07, 6.45) is 6.41. The number of hydrogen-bond donors (Lipinski definition) is 1. The number of nitrogens with one attached hydrogen (secondary N) is 1. The summed E-state index contributed by atoms with van der Waals surface area (Å²) in [7, 11) is 2.04. The smallest absolute Gasteiger partial charge is 0.193 e. The van der Waals surface area contributed by atoms with Crippen molar-refractivity contribution in [3.63, 3.8) is 0 Å². The molecule has 4 heteroatoms. The highest BCUT2D eigenvalue weighted by Gasteiger charge is 2.11. The van der Waals surface area contributed by atoms with Gasteiger partial charge in [0.05, 0.1) is 5.69 Å². The summed E-state index contributed by atoms with van der Waals surface area (Å²) in [6, 6.07) is 0.583. The summed E-state index contributed by atoms with van der Waals surface area (Å²) in [6.45, 7) is 4.51. The van der Waals surface area contributed by atoms with E-state index in [-0.39, 0.29) is 0 Å². The van der Waals surface area contributed by atoms with Crippen molar-refractivity contribution in [3.8, 4) is 0 Å². The predicted molar refractivity (Wildman–Crippen MR) is 69.1 cm³/mol. The Balaban J connectivity index is 1.97. The number of rotatable bonds is 5. The third-order valence-corrected chi connectivity index (χ3v) is 3.80. The second-order valence-electron chi connectivity index (χ2n) is 4.50. The van der Waals surface area contributed by atoms with E-state index in [9.17, 15) is 0 Å². The van der Waals surface area contributed by atoms with E-state index in [0.717, 1.165) is 17.8 Å². The van der Waals surface area contributed by atoms with Gasteiger partial charge in [-0.1, -0.05) is 13.8 Å². The van der Waals surface area contributed by atoms with Crippen LogP contribution in [0, 0.1) is 5.92 Å². The van der Waals surface area contributed by atoms with E-state index in [0.29, 0.717) is 12.0 Å². The normalized spacial score (nSPS) is 13.8. The molecule has 0 aliphatic rings. The molecule has 16 heavy (non-hydrogen) atoms. The van der Waals surface area contributed by atoms with E-state index in [1.165, 1.54) is 5.69 Å². The van der Waals surface area contributed by atoms with Gasteiger partial charge in [0.15, 0.2) is 4.96 Å². The summed E-state index contributed by atoms with van der Waals surface area (Å²) < 4.78 is 2.10. The van der Waals surface area contributed by atoms with E-state index < -0.39 is 0 Å². The number of nitrogens with zero attached hydrogens (tertiary/aromatic N) is 2. The molecule has 0 spiro atoms. The SMILES string of the molecule is CNC(CCc1cn2ccsc2n1)C(C)C. The van der Waals surface area contributed by atoms with Crippen molar-refractivity contribution in [3.05, 3.63) is 23.5 Å². The zero-order chi connectivity index (χ0) is 11.5. The van der Waals surface area contributed by atoms with Crippen molar-refractivity contribution in [1.82, 2.24) is 14.7 Å². The molecule has 2 aromatic rings. The fraction of sp³-hybridized carbons (Fsp3) is 0.583. The number of fused-ring (bicyclic) bond motifs is 1. The predicted octanol–water partition coefficient (Wildman–Crippen LogP) is 2.57. The highest BCUT2D eigenvalue weighted by atomic mass is 32.1. The third-order valence-electron chi connectivity index (χ3n) is 3.03. The van der Waals surface area contributed by atoms with Crippen molar-refractivity contribution < 1.29 is 0 Å². The topological polar surface area (TPSA) is 29.3 Å². The molecule has 0 aliphatic carbocycles. The number of aryl methyl sites for hydroxylation is 1. The Morgan fingerprint density at radius 2 is 2.31 bits per heavy atom. The molecule has 0 saturated carbocycles. The first-order valence-electron chi connectivity index (χ1n) is 5.79. The van der Waals surface area contributed by atoms with Gasteiger partial charge in [-0.3, -0.25) is 4.40 Å². The second kappa shape index (κ2) is 4.97. The number of hydrogen-bond acceptors (Lipinski definition) is 3. The Bertz CT molecular complexity index is 415. The minimum absolute atomic E-state index is 0.583. The maximum Gasteiger partial charge on any atom is 0.193 e. The van der Waals surface area contributed by atoms with Crippen LogP contribution in [-0.2, 0) is 6.42 Å². The van der Waals surface area contributed by atoms with Crippen LogP contribution in [0.1, 0.15) is 26.0 Å². The maximum absolute atomic E-state index is 4.59. The molecule has 2 aromatic heterocycles. The lowest BCUT2D eigenvalue weighted by atomic mass is 9.99. The van der Waals surface area contributed by atoms with Crippen LogP contribution in [0.4, 0.5) is 0 Å². The van der Waals surface area contributed by atoms with Crippen LogP contribution in [-0.4, -0.2) is 22.5 Å². The lowest BCUT2D eigenvalue weighted by molar-refractivity contribution is 0.402. The van der Waals surface area contributed by atoms with Gasteiger partial charge in [-0.05, 0) is 25.8 Å². The van der Waals surface area contributed by atoms with Crippen LogP contribution in [0.25, 0.3) is 4.96 Å². The van der Waals surface area contributed by atoms with Crippen molar-refractivity contribution in [2.45, 2.75) is 32.7 Å². The van der Waals surface area contributed by atoms with Gasteiger partial charge < -0.3 is 5.32 Å². The molecule has 0 bridgehead atoms. The van der Waals surface area contributed by atoms with Gasteiger partial charge in [-0.15, -0.1) is 11.3 Å². The van der Waals surface area contributed by atoms with Gasteiger partial charge in [0.25, 0.3) is 0 Å². The number of thiazole rings is 1. The van der Waals surface area contributed by atoms with E-state index in [4.69, 9.17) is 0 Å². The van der Waals surface area contributed by atoms with E-state index in [1.54, 1.807) is 11.3 Å². The Labute approximate surface area is 101 Å². The molecular formula is C12H19N3S. The minimum atomic E-state index is 0.583. The lowest BCUT2D eigenvalue weighted by Crippen LogP contribution is -2.31. The standard InChI is InChI=1S/C12H19N3S/c1-9(2)11(13-3)5-4-10-8-15-6-7-16-12(15)14-10/h6-9,11,13H,4-5H2,1-3H3. The van der Waals surface area contributed by atoms with Crippen molar-refractivity contribution in [2.75, 3.05) is 7.05 Å². The highest BCUT2D eigenvalue weighted by Crippen LogP contribution is 2.14. The largest absolute Gasteiger partial charge is 0.317 e. The molecule has 0 aliphatic heterocycles. The third kappa shape index (κ3) is 2.44. The first kappa shape index (κ1) is 11.6. The molecular weight excluding hydrogens is 218 g/mol. The molecule has 1 unspecified atom stereocenters. The maximum atomic E-state index is 4.59. The summed E-state index contributed by atoms with van der Waals surface area (Å²) >= 11 is 1.69. The molecule has 0 radical (unpaired) electrons. The van der Waals surface area contributed by atoms with Crippen molar-refractivity contribution in [2.24, 2.45) is 5.92 Å². The van der Waals surface area contributed by atoms with Gasteiger partial charge in [0.1, 0.15) is 0 Å². The molecule has 0 saturated heterocycles. The molecule has 0 fully saturated rings. The summed E-state index contributed by atoms with van der Waals surface area (Å²) in [5.74, 6) is 0.675. The Morgan fingerprint density at radius 1 is 1.50 bits per heavy atom. The first-order valence-corrected chi connectivity index (χ1v) is 6.67. The van der Waals surface area contributed by atoms with Gasteiger partial charge >= 0.3 is 0 Å². The monoisotopic (exact) mass is 237 g/mol. The molecule has 0 aromatic carbocycles. The van der Waals surface area contributed by atoms with Crippen LogP contribution < -0.4 is 5.32 Å². The fourth-order valence-electron chi connectivity index (χ4n) is 2.01. The van der Waals surface area contributed by atoms with Crippen molar-refractivity contribution >= 4 is 16.3 Å². The summed E-state index contributed by atoms with van der Waals surface area (Å²) in [5, 5.41) is 5.43. The van der Waals surface area contributed by atoms with Crippen LogP contribution in [0.2, 0.25) is 0 Å². The first-order chi connectivity index (χ1) is 7.70. The zero-order valence-electron chi connectivity index (χ0n) is 10.1. The minimum Gasteiger partial charge on any atom is -0.317 e. The van der Waals surface area contributed by atoms with E-state index in [2.05, 4.69) is 46.3 Å². The van der Waals surface area contributed by atoms with Gasteiger partial charge in [-0.25, -0.2) is 4.98 Å². The van der Waals surface area contributed by atoms with Gasteiger partial charge in [0.2, 0.25) is 0 Å². The number of imidazole rings is 1. The quantitative estimate of drug-likeness (QED) is 0.866. The molecule has 2 heterocycles. The van der Waals surface area contributed by atoms with Crippen LogP contribution in [0.15, 0.2) is 17.8 Å². The Morgan fingerprint density at radius 3 is 2.94 bits per heavy atom. The zero-order valence-corrected chi connectivity index (χ0v) is 10.9. The summed E-state index contributed by atoms with van der Waals surface area (Å²) in [5.41, 5.74) is 1.20. The van der Waals surface area contributed by atoms with Crippen LogP contribution in [0.5, 0.6) is 0 Å². The molecule has 1 N–H and O–H groups in total. The average molecular weight is 237 g/mol. The van der Waals surface area contributed by atoms with Gasteiger partial charge in [-0.2, -0.15) is 0 Å². The van der Waals surface area contributed by atoms with Crippen LogP contribution >= 0.6 is 11.3 Å². The fourth-order valence-corrected chi connectivity index (χ4v) is 2.73. The average Bonchev–Trinajstić information content (AvgIpc) is 2.77. The Hall–Kier alpha value is -0.870. The molecule has 0 amide bonds. The van der Waals surface area contributed by atoms with Gasteiger partial charge in [0, 0.05) is 23.8 Å². The van der Waals surface area contributed by atoms with E-state index >= 15 is 0 Å². The number of aromatic nitrogens is 2. The van der Waals surface area contributed by atoms with Crippen molar-refractivity contribution in [1.29, 1.82) is 0 Å². The molecule has 88 valence electrons. The molecule has 3 nitrogen and oxygen atoms in total. The van der Waals surface area contributed by atoms with E-state index in [1.807, 2.05) is 7.05 Å².